The minimum absolute atomic E-state index is 0.0529. The van der Waals surface area contributed by atoms with E-state index in [1.165, 1.54) is 0 Å². The van der Waals surface area contributed by atoms with Crippen molar-refractivity contribution in [2.75, 3.05) is 0 Å². The van der Waals surface area contributed by atoms with Gasteiger partial charge in [-0.2, -0.15) is 0 Å². The molecule has 0 saturated heterocycles. The number of fused-ring (bicyclic) bond motifs is 1. The molecule has 2 aromatic carbocycles. The van der Waals surface area contributed by atoms with Crippen molar-refractivity contribution in [3.63, 3.8) is 0 Å². The van der Waals surface area contributed by atoms with Crippen molar-refractivity contribution in [3.8, 4) is 11.3 Å². The summed E-state index contributed by atoms with van der Waals surface area (Å²) in [5.74, 6) is -0.599. The summed E-state index contributed by atoms with van der Waals surface area (Å²) < 4.78 is 30.9. The van der Waals surface area contributed by atoms with Crippen LogP contribution < -0.4 is 0 Å². The molecule has 0 bridgehead atoms. The Balaban J connectivity index is 1.66. The molecule has 5 heteroatoms. The molecule has 0 saturated carbocycles. The fourth-order valence-corrected chi connectivity index (χ4v) is 3.86. The van der Waals surface area contributed by atoms with Gasteiger partial charge in [0.25, 0.3) is 0 Å². The van der Waals surface area contributed by atoms with Gasteiger partial charge in [-0.05, 0) is 34.6 Å². The van der Waals surface area contributed by atoms with Crippen LogP contribution in [0.4, 0.5) is 8.78 Å². The van der Waals surface area contributed by atoms with Crippen LogP contribution >= 0.6 is 0 Å². The molecule has 0 fully saturated rings. The molecule has 2 heterocycles. The summed E-state index contributed by atoms with van der Waals surface area (Å²) in [7, 11) is 0. The molecule has 2 aromatic heterocycles. The highest BCUT2D eigenvalue weighted by atomic mass is 19.2. The number of halogens is 2. The summed E-state index contributed by atoms with van der Waals surface area (Å²) in [4.78, 5) is 9.07. The molecule has 0 N–H and O–H groups in total. The Morgan fingerprint density at radius 1 is 0.900 bits per heavy atom. The smallest absolute Gasteiger partial charge is 0.234 e. The Labute approximate surface area is 175 Å². The third-order valence-corrected chi connectivity index (χ3v) is 5.42. The normalized spacial score (nSPS) is 11.7. The van der Waals surface area contributed by atoms with Crippen molar-refractivity contribution in [2.24, 2.45) is 0 Å². The van der Waals surface area contributed by atoms with Crippen molar-refractivity contribution in [2.45, 2.75) is 46.0 Å². The first-order valence-electron chi connectivity index (χ1n) is 10.3. The van der Waals surface area contributed by atoms with Gasteiger partial charge in [0.05, 0.1) is 11.4 Å². The first-order valence-corrected chi connectivity index (χ1v) is 10.3. The molecule has 0 radical (unpaired) electrons. The van der Waals surface area contributed by atoms with Gasteiger partial charge in [0, 0.05) is 24.4 Å². The van der Waals surface area contributed by atoms with Gasteiger partial charge in [-0.3, -0.25) is 4.40 Å². The van der Waals surface area contributed by atoms with E-state index < -0.39 is 11.6 Å². The van der Waals surface area contributed by atoms with Crippen molar-refractivity contribution in [1.82, 2.24) is 14.4 Å². The zero-order chi connectivity index (χ0) is 21.4. The Hall–Kier alpha value is -3.08. The minimum atomic E-state index is -0.751. The van der Waals surface area contributed by atoms with Gasteiger partial charge >= 0.3 is 0 Å². The molecule has 0 aliphatic carbocycles. The van der Waals surface area contributed by atoms with E-state index in [1.807, 2.05) is 54.8 Å². The molecule has 154 valence electrons. The van der Waals surface area contributed by atoms with Crippen molar-refractivity contribution >= 4 is 5.78 Å². The Bertz CT molecular complexity index is 1190. The van der Waals surface area contributed by atoms with E-state index in [4.69, 9.17) is 4.98 Å². The Kier molecular flexibility index (Phi) is 5.37. The van der Waals surface area contributed by atoms with Crippen molar-refractivity contribution in [3.05, 3.63) is 88.9 Å². The van der Waals surface area contributed by atoms with Crippen LogP contribution in [0.5, 0.6) is 0 Å². The summed E-state index contributed by atoms with van der Waals surface area (Å²) in [5, 5.41) is 0. The van der Waals surface area contributed by atoms with Crippen LogP contribution in [0.1, 0.15) is 61.9 Å². The number of benzene rings is 2. The molecule has 3 nitrogen and oxygen atoms in total. The second-order valence-electron chi connectivity index (χ2n) is 8.26. The average molecular weight is 405 g/mol. The largest absolute Gasteiger partial charge is 0.287 e. The van der Waals surface area contributed by atoms with Gasteiger partial charge in [0.1, 0.15) is 0 Å². The van der Waals surface area contributed by atoms with Crippen LogP contribution in [0.25, 0.3) is 17.0 Å². The molecule has 0 aliphatic heterocycles. The fourth-order valence-electron chi connectivity index (χ4n) is 3.86. The maximum atomic E-state index is 14.5. The second-order valence-corrected chi connectivity index (χ2v) is 8.26. The molecule has 0 spiro atoms. The lowest BCUT2D eigenvalue weighted by Gasteiger charge is -2.12. The van der Waals surface area contributed by atoms with Crippen LogP contribution in [-0.2, 0) is 6.42 Å². The Morgan fingerprint density at radius 2 is 1.63 bits per heavy atom. The summed E-state index contributed by atoms with van der Waals surface area (Å²) in [5.41, 5.74) is 4.67. The lowest BCUT2D eigenvalue weighted by atomic mass is 9.96. The molecular weight excluding hydrogens is 380 g/mol. The van der Waals surface area contributed by atoms with Gasteiger partial charge in [0.15, 0.2) is 11.6 Å². The van der Waals surface area contributed by atoms with Crippen LogP contribution in [0, 0.1) is 11.6 Å². The van der Waals surface area contributed by atoms with Gasteiger partial charge < -0.3 is 0 Å². The van der Waals surface area contributed by atoms with E-state index in [9.17, 15) is 8.78 Å². The topological polar surface area (TPSA) is 30.2 Å². The van der Waals surface area contributed by atoms with Crippen LogP contribution in [0.3, 0.4) is 0 Å². The monoisotopic (exact) mass is 405 g/mol. The average Bonchev–Trinajstić information content (AvgIpc) is 3.11. The highest BCUT2D eigenvalue weighted by Crippen LogP contribution is 2.30. The molecule has 30 heavy (non-hydrogen) atoms. The maximum Gasteiger partial charge on any atom is 0.234 e. The fraction of sp³-hybridized carbons (Fsp3) is 0.280. The van der Waals surface area contributed by atoms with E-state index >= 15 is 0 Å². The number of aromatic nitrogens is 3. The number of imidazole rings is 1. The molecule has 4 aromatic rings. The van der Waals surface area contributed by atoms with E-state index in [2.05, 4.69) is 18.8 Å². The lowest BCUT2D eigenvalue weighted by Crippen LogP contribution is -2.02. The molecule has 4 rings (SSSR count). The van der Waals surface area contributed by atoms with Gasteiger partial charge in [-0.25, -0.2) is 18.7 Å². The van der Waals surface area contributed by atoms with E-state index in [0.29, 0.717) is 23.3 Å². The molecule has 0 amide bonds. The minimum Gasteiger partial charge on any atom is -0.287 e. The summed E-state index contributed by atoms with van der Waals surface area (Å²) in [6, 6.07) is 13.1. The van der Waals surface area contributed by atoms with Crippen LogP contribution in [-0.4, -0.2) is 14.4 Å². The predicted molar refractivity (Wildman–Crippen MR) is 116 cm³/mol. The molecule has 0 atom stereocenters. The predicted octanol–water partition coefficient (Wildman–Crippen LogP) is 6.51. The summed E-state index contributed by atoms with van der Waals surface area (Å²) in [6.45, 7) is 7.98. The maximum absolute atomic E-state index is 14.5. The lowest BCUT2D eigenvalue weighted by molar-refractivity contribution is 0.486. The zero-order valence-electron chi connectivity index (χ0n) is 17.7. The second kappa shape index (κ2) is 7.98. The Morgan fingerprint density at radius 3 is 2.30 bits per heavy atom. The highest BCUT2D eigenvalue weighted by Gasteiger charge is 2.18. The van der Waals surface area contributed by atoms with Gasteiger partial charge in [0.2, 0.25) is 5.78 Å². The number of hydrogen-bond acceptors (Lipinski definition) is 2. The third-order valence-electron chi connectivity index (χ3n) is 5.42. The highest BCUT2D eigenvalue weighted by molar-refractivity contribution is 5.66. The molecule has 0 aliphatic rings. The van der Waals surface area contributed by atoms with Crippen LogP contribution in [0.15, 0.2) is 54.9 Å². The van der Waals surface area contributed by atoms with Gasteiger partial charge in [-0.15, -0.1) is 0 Å². The van der Waals surface area contributed by atoms with E-state index in [0.717, 1.165) is 22.5 Å². The van der Waals surface area contributed by atoms with E-state index in [-0.39, 0.29) is 11.8 Å². The summed E-state index contributed by atoms with van der Waals surface area (Å²) >= 11 is 0. The zero-order valence-corrected chi connectivity index (χ0v) is 17.7. The number of rotatable bonds is 5. The van der Waals surface area contributed by atoms with Gasteiger partial charge in [-0.1, -0.05) is 64.1 Å². The molecule has 0 unspecified atom stereocenters. The van der Waals surface area contributed by atoms with E-state index in [1.54, 1.807) is 18.3 Å². The van der Waals surface area contributed by atoms with Crippen molar-refractivity contribution in [1.29, 1.82) is 0 Å². The number of hydrogen-bond donors (Lipinski definition) is 0. The standard InChI is InChI=1S/C25H25F2N3/c1-15(2)20-11-10-19(21(26)22(20)27)14-17-6-8-18(9-7-17)23-24(16(3)4)30-13-5-12-28-25(30)29-23/h5-13,15-16H,14H2,1-4H3. The number of nitrogens with zero attached hydrogens (tertiary/aromatic N) is 3. The quantitative estimate of drug-likeness (QED) is 0.379. The third kappa shape index (κ3) is 3.60. The van der Waals surface area contributed by atoms with Crippen LogP contribution in [0.2, 0.25) is 0 Å². The SMILES string of the molecule is CC(C)c1ccc(Cc2ccc(-c3nc4ncccn4c3C(C)C)cc2)c(F)c1F. The first-order chi connectivity index (χ1) is 14.4. The summed E-state index contributed by atoms with van der Waals surface area (Å²) in [6.07, 6.45) is 4.05. The van der Waals surface area contributed by atoms with Crippen molar-refractivity contribution < 1.29 is 8.78 Å². The molecular formula is C25H25F2N3. The first kappa shape index (κ1) is 20.2.